The Morgan fingerprint density at radius 3 is 2.45 bits per heavy atom. The first-order chi connectivity index (χ1) is 14.5. The molecule has 0 aromatic heterocycles. The van der Waals surface area contributed by atoms with Crippen molar-refractivity contribution in [2.24, 2.45) is 0 Å². The minimum absolute atomic E-state index is 0.0294. The first-order valence-electron chi connectivity index (χ1n) is 9.76. The second kappa shape index (κ2) is 10.0. The minimum atomic E-state index is -5.08. The summed E-state index contributed by atoms with van der Waals surface area (Å²) in [5.74, 6) is -2.19. The van der Waals surface area contributed by atoms with Gasteiger partial charge < -0.3 is 9.84 Å². The van der Waals surface area contributed by atoms with E-state index in [4.69, 9.17) is 14.6 Å². The molecule has 2 heterocycles. The van der Waals surface area contributed by atoms with Crippen LogP contribution in [-0.2, 0) is 14.8 Å². The van der Waals surface area contributed by atoms with Crippen molar-refractivity contribution in [3.05, 3.63) is 36.9 Å². The molecule has 2 aliphatic heterocycles. The molecule has 0 amide bonds. The summed E-state index contributed by atoms with van der Waals surface area (Å²) in [5.41, 5.74) is -0.0294. The number of piperidine rings is 1. The lowest BCUT2D eigenvalue weighted by atomic mass is 9.87. The molecule has 174 valence electrons. The Labute approximate surface area is 180 Å². The maximum absolute atomic E-state index is 13.1. The summed E-state index contributed by atoms with van der Waals surface area (Å²) >= 11 is 0. The Bertz CT molecular complexity index is 891. The van der Waals surface area contributed by atoms with Crippen LogP contribution in [0.25, 0.3) is 0 Å². The Morgan fingerprint density at radius 2 is 1.90 bits per heavy atom. The highest BCUT2D eigenvalue weighted by molar-refractivity contribution is 7.89. The molecule has 31 heavy (non-hydrogen) atoms. The highest BCUT2D eigenvalue weighted by Gasteiger charge is 2.46. The molecule has 2 aliphatic rings. The largest absolute Gasteiger partial charge is 0.497 e. The second-order valence-corrected chi connectivity index (χ2v) is 9.42. The van der Waals surface area contributed by atoms with E-state index in [1.807, 2.05) is 6.08 Å². The summed E-state index contributed by atoms with van der Waals surface area (Å²) < 4.78 is 64.8. The van der Waals surface area contributed by atoms with Crippen molar-refractivity contribution in [3.63, 3.8) is 0 Å². The summed E-state index contributed by atoms with van der Waals surface area (Å²) in [5, 5.41) is 7.12. The number of halogens is 3. The first kappa shape index (κ1) is 25.2. The molecule has 2 saturated heterocycles. The van der Waals surface area contributed by atoms with E-state index in [-0.39, 0.29) is 5.54 Å². The van der Waals surface area contributed by atoms with Crippen molar-refractivity contribution in [2.75, 3.05) is 33.3 Å². The fraction of sp³-hybridized carbons (Fsp3) is 0.550. The maximum atomic E-state index is 13.1. The van der Waals surface area contributed by atoms with Gasteiger partial charge in [-0.05, 0) is 44.4 Å². The summed E-state index contributed by atoms with van der Waals surface area (Å²) in [6.45, 7) is 6.86. The molecule has 1 N–H and O–H groups in total. The predicted molar refractivity (Wildman–Crippen MR) is 108 cm³/mol. The molecule has 2 fully saturated rings. The number of alkyl halides is 3. The molecule has 11 heteroatoms. The van der Waals surface area contributed by atoms with Crippen molar-refractivity contribution in [2.45, 2.75) is 42.3 Å². The summed E-state index contributed by atoms with van der Waals surface area (Å²) in [4.78, 5) is 11.6. The molecule has 1 spiro atoms. The second-order valence-electron chi connectivity index (χ2n) is 7.49. The Balaban J connectivity index is 0.000000423. The van der Waals surface area contributed by atoms with E-state index in [9.17, 15) is 21.6 Å². The fourth-order valence-electron chi connectivity index (χ4n) is 4.08. The zero-order valence-corrected chi connectivity index (χ0v) is 18.1. The summed E-state index contributed by atoms with van der Waals surface area (Å²) in [6.07, 6.45) is 0.982. The van der Waals surface area contributed by atoms with Crippen molar-refractivity contribution in [3.8, 4) is 5.75 Å². The number of likely N-dealkylation sites (tertiary alicyclic amines) is 1. The molecular weight excluding hydrogens is 437 g/mol. The monoisotopic (exact) mass is 464 g/mol. The standard InChI is InChI=1S/C18H26N2O3S.C2HF3O2/c1-3-11-19-12-5-9-18(19)10-6-13-20(15-18)24(21,22)17-8-4-7-16(14-17)23-2;3-2(4,5)1(6)7/h3-4,7-8,14H,1,5-6,9-13,15H2,2H3;(H,6,7). The zero-order valence-electron chi connectivity index (χ0n) is 17.3. The Hall–Kier alpha value is -2.11. The van der Waals surface area contributed by atoms with Gasteiger partial charge in [-0.1, -0.05) is 12.1 Å². The summed E-state index contributed by atoms with van der Waals surface area (Å²) in [6, 6.07) is 6.74. The van der Waals surface area contributed by atoms with Crippen LogP contribution in [0.3, 0.4) is 0 Å². The maximum Gasteiger partial charge on any atom is 0.490 e. The van der Waals surface area contributed by atoms with Gasteiger partial charge >= 0.3 is 12.1 Å². The molecule has 1 unspecified atom stereocenters. The predicted octanol–water partition coefficient (Wildman–Crippen LogP) is 3.13. The normalized spacial score (nSPS) is 22.6. The molecule has 3 rings (SSSR count). The number of methoxy groups -OCH3 is 1. The molecule has 0 saturated carbocycles. The lowest BCUT2D eigenvalue weighted by molar-refractivity contribution is -0.192. The van der Waals surface area contributed by atoms with E-state index in [0.717, 1.165) is 38.8 Å². The van der Waals surface area contributed by atoms with Crippen molar-refractivity contribution in [1.29, 1.82) is 0 Å². The van der Waals surface area contributed by atoms with Crippen LogP contribution in [0.2, 0.25) is 0 Å². The van der Waals surface area contributed by atoms with E-state index in [1.165, 1.54) is 0 Å². The van der Waals surface area contributed by atoms with Gasteiger partial charge in [-0.3, -0.25) is 4.90 Å². The van der Waals surface area contributed by atoms with E-state index in [0.29, 0.717) is 23.7 Å². The molecule has 7 nitrogen and oxygen atoms in total. The number of carbonyl (C=O) groups is 1. The first-order valence-corrected chi connectivity index (χ1v) is 11.2. The topological polar surface area (TPSA) is 87.2 Å². The van der Waals surface area contributed by atoms with E-state index < -0.39 is 22.2 Å². The number of nitrogens with zero attached hydrogens (tertiary/aromatic N) is 2. The molecule has 0 bridgehead atoms. The third kappa shape index (κ3) is 5.98. The SMILES string of the molecule is C=CCN1CCCC12CCCN(S(=O)(=O)c1cccc(OC)c1)C2.O=C(O)C(F)(F)F. The van der Waals surface area contributed by atoms with Crippen LogP contribution >= 0.6 is 0 Å². The average Bonchev–Trinajstić information content (AvgIpc) is 3.09. The van der Waals surface area contributed by atoms with Gasteiger partial charge in [-0.15, -0.1) is 6.58 Å². The third-order valence-corrected chi connectivity index (χ3v) is 7.37. The zero-order chi connectivity index (χ0) is 23.3. The molecule has 1 aromatic carbocycles. The number of hydrogen-bond acceptors (Lipinski definition) is 5. The van der Waals surface area contributed by atoms with Gasteiger partial charge in [0.1, 0.15) is 5.75 Å². The molecular formula is C20H27F3N2O5S. The highest BCUT2D eigenvalue weighted by atomic mass is 32.2. The number of hydrogen-bond donors (Lipinski definition) is 1. The quantitative estimate of drug-likeness (QED) is 0.674. The van der Waals surface area contributed by atoms with Crippen LogP contribution in [-0.4, -0.2) is 73.7 Å². The van der Waals surface area contributed by atoms with Gasteiger partial charge in [0.15, 0.2) is 0 Å². The van der Waals surface area contributed by atoms with Crippen molar-refractivity contribution < 1.29 is 36.2 Å². The average molecular weight is 465 g/mol. The van der Waals surface area contributed by atoms with E-state index in [2.05, 4.69) is 11.5 Å². The van der Waals surface area contributed by atoms with Gasteiger partial charge in [0.25, 0.3) is 0 Å². The van der Waals surface area contributed by atoms with Crippen LogP contribution in [0.15, 0.2) is 41.8 Å². The van der Waals surface area contributed by atoms with E-state index >= 15 is 0 Å². The molecule has 1 atom stereocenters. The fourth-order valence-corrected chi connectivity index (χ4v) is 5.68. The number of sulfonamides is 1. The van der Waals surface area contributed by atoms with Crippen molar-refractivity contribution in [1.82, 2.24) is 9.21 Å². The number of aliphatic carboxylic acids is 1. The van der Waals surface area contributed by atoms with Crippen LogP contribution in [0, 0.1) is 0 Å². The smallest absolute Gasteiger partial charge is 0.490 e. The van der Waals surface area contributed by atoms with E-state index in [1.54, 1.807) is 35.7 Å². The van der Waals surface area contributed by atoms with Crippen molar-refractivity contribution >= 4 is 16.0 Å². The highest BCUT2D eigenvalue weighted by Crippen LogP contribution is 2.38. The van der Waals surface area contributed by atoms with Gasteiger partial charge in [0.2, 0.25) is 10.0 Å². The number of rotatable bonds is 5. The number of carboxylic acids is 1. The van der Waals surface area contributed by atoms with Gasteiger partial charge in [-0.25, -0.2) is 13.2 Å². The lowest BCUT2D eigenvalue weighted by Gasteiger charge is -2.45. The van der Waals surface area contributed by atoms with Gasteiger partial charge in [0.05, 0.1) is 12.0 Å². The Morgan fingerprint density at radius 1 is 1.29 bits per heavy atom. The van der Waals surface area contributed by atoms with Crippen LogP contribution in [0.4, 0.5) is 13.2 Å². The molecule has 1 aromatic rings. The third-order valence-electron chi connectivity index (χ3n) is 5.53. The lowest BCUT2D eigenvalue weighted by Crippen LogP contribution is -2.56. The summed E-state index contributed by atoms with van der Waals surface area (Å²) in [7, 11) is -1.95. The van der Waals surface area contributed by atoms with Crippen LogP contribution in [0.1, 0.15) is 25.7 Å². The van der Waals surface area contributed by atoms with Crippen LogP contribution < -0.4 is 4.74 Å². The molecule has 0 radical (unpaired) electrons. The van der Waals surface area contributed by atoms with Crippen LogP contribution in [0.5, 0.6) is 5.75 Å². The number of carboxylic acid groups (broad SMARTS) is 1. The minimum Gasteiger partial charge on any atom is -0.497 e. The Kier molecular flexibility index (Phi) is 8.12. The number of ether oxygens (including phenoxy) is 1. The van der Waals surface area contributed by atoms with Gasteiger partial charge in [-0.2, -0.15) is 17.5 Å². The molecule has 0 aliphatic carbocycles. The van der Waals surface area contributed by atoms with Gasteiger partial charge in [0, 0.05) is 31.2 Å². The number of benzene rings is 1.